The number of benzene rings is 10. The Hall–Kier alpha value is -8.20. The Morgan fingerprint density at radius 3 is 1.37 bits per heavy atom. The van der Waals surface area contributed by atoms with E-state index in [0.717, 1.165) is 22.7 Å². The summed E-state index contributed by atoms with van der Waals surface area (Å²) >= 11 is 0. The number of hydrogen-bond donors (Lipinski definition) is 0. The Balaban J connectivity index is 1.09. The molecule has 0 saturated carbocycles. The predicted octanol–water partition coefficient (Wildman–Crippen LogP) is 16.6. The minimum Gasteiger partial charge on any atom is -0.310 e. The number of nitrogens with zero attached hydrogens (tertiary/aromatic N) is 2. The van der Waals surface area contributed by atoms with E-state index in [1.54, 1.807) is 0 Å². The molecule has 1 heterocycles. The van der Waals surface area contributed by atoms with Gasteiger partial charge in [0.25, 0.3) is 0 Å². The fourth-order valence-corrected chi connectivity index (χ4v) is 9.11. The fourth-order valence-electron chi connectivity index (χ4n) is 9.11. The zero-order chi connectivity index (χ0) is 41.2. The smallest absolute Gasteiger partial charge is 0.0546 e. The third kappa shape index (κ3) is 6.74. The van der Waals surface area contributed by atoms with Gasteiger partial charge < -0.3 is 9.47 Å². The lowest BCUT2D eigenvalue weighted by atomic mass is 9.87. The highest BCUT2D eigenvalue weighted by atomic mass is 15.1. The molecule has 0 spiro atoms. The monoisotopic (exact) mass is 790 g/mol. The topological polar surface area (TPSA) is 8.17 Å². The van der Waals surface area contributed by atoms with Gasteiger partial charge in [0.1, 0.15) is 0 Å². The Kier molecular flexibility index (Phi) is 9.57. The van der Waals surface area contributed by atoms with Crippen LogP contribution >= 0.6 is 0 Å². The minimum atomic E-state index is 1.08. The average molecular weight is 791 g/mol. The van der Waals surface area contributed by atoms with Crippen LogP contribution in [0, 0.1) is 0 Å². The molecule has 2 heteroatoms. The molecule has 10 aromatic carbocycles. The van der Waals surface area contributed by atoms with Gasteiger partial charge in [0.2, 0.25) is 0 Å². The van der Waals surface area contributed by atoms with Crippen LogP contribution in [0.1, 0.15) is 0 Å². The van der Waals surface area contributed by atoms with Crippen LogP contribution in [0.2, 0.25) is 0 Å². The molecule has 0 aliphatic rings. The van der Waals surface area contributed by atoms with E-state index in [1.807, 2.05) is 0 Å². The molecule has 11 aromatic rings. The van der Waals surface area contributed by atoms with Gasteiger partial charge in [0, 0.05) is 33.4 Å². The molecule has 0 aliphatic carbocycles. The molecule has 0 saturated heterocycles. The lowest BCUT2D eigenvalue weighted by Gasteiger charge is -2.30. The molecule has 0 unspecified atom stereocenters. The number of aromatic nitrogens is 1. The molecule has 0 amide bonds. The van der Waals surface area contributed by atoms with Gasteiger partial charge in [-0.25, -0.2) is 0 Å². The number of hydrogen-bond acceptors (Lipinski definition) is 1. The van der Waals surface area contributed by atoms with Crippen LogP contribution in [-0.4, -0.2) is 4.57 Å². The number of para-hydroxylation sites is 2. The van der Waals surface area contributed by atoms with E-state index in [-0.39, 0.29) is 0 Å². The summed E-state index contributed by atoms with van der Waals surface area (Å²) in [4.78, 5) is 2.43. The molecule has 2 nitrogen and oxygen atoms in total. The normalized spacial score (nSPS) is 11.2. The van der Waals surface area contributed by atoms with Crippen molar-refractivity contribution in [3.8, 4) is 61.3 Å². The summed E-state index contributed by atoms with van der Waals surface area (Å²) < 4.78 is 2.37. The van der Waals surface area contributed by atoms with Crippen LogP contribution in [0.25, 0.3) is 83.1 Å². The van der Waals surface area contributed by atoms with Crippen LogP contribution in [0.5, 0.6) is 0 Å². The molecule has 0 fully saturated rings. The first-order chi connectivity index (χ1) is 30.8. The molecule has 0 aliphatic heterocycles. The van der Waals surface area contributed by atoms with Crippen molar-refractivity contribution in [3.63, 3.8) is 0 Å². The molecule has 292 valence electrons. The molecule has 62 heavy (non-hydrogen) atoms. The maximum atomic E-state index is 2.43. The van der Waals surface area contributed by atoms with E-state index in [2.05, 4.69) is 264 Å². The first kappa shape index (κ1) is 36.8. The predicted molar refractivity (Wildman–Crippen MR) is 263 cm³/mol. The summed E-state index contributed by atoms with van der Waals surface area (Å²) in [5.74, 6) is 0. The Labute approximate surface area is 362 Å². The fraction of sp³-hybridized carbons (Fsp3) is 0. The van der Waals surface area contributed by atoms with Crippen LogP contribution in [-0.2, 0) is 0 Å². The van der Waals surface area contributed by atoms with Crippen molar-refractivity contribution in [2.75, 3.05) is 4.90 Å². The van der Waals surface area contributed by atoms with Crippen LogP contribution < -0.4 is 4.90 Å². The molecule has 0 bridgehead atoms. The van der Waals surface area contributed by atoms with Crippen molar-refractivity contribution in [1.29, 1.82) is 0 Å². The van der Waals surface area contributed by atoms with Gasteiger partial charge in [-0.15, -0.1) is 0 Å². The maximum Gasteiger partial charge on any atom is 0.0546 e. The van der Waals surface area contributed by atoms with Gasteiger partial charge >= 0.3 is 0 Å². The summed E-state index contributed by atoms with van der Waals surface area (Å²) in [5.41, 5.74) is 18.6. The third-order valence-electron chi connectivity index (χ3n) is 12.0. The average Bonchev–Trinajstić information content (AvgIpc) is 3.69. The standard InChI is InChI=1S/C60H42N2/c1-5-18-43(19-6-1)44-32-37-50(38-33-44)61(59-31-17-29-53(47-22-9-3-10-23-47)60(59)55-28-14-13-26-52(55)46-20-7-2-8-21-46)51-39-34-45(35-40-51)48-36-41-58-56(42-48)54-27-15-16-30-57(54)62(58)49-24-11-4-12-25-49/h1-42H. The Morgan fingerprint density at radius 2 is 0.726 bits per heavy atom. The second kappa shape index (κ2) is 16.1. The van der Waals surface area contributed by atoms with Crippen molar-refractivity contribution in [2.24, 2.45) is 0 Å². The first-order valence-electron chi connectivity index (χ1n) is 21.3. The quantitative estimate of drug-likeness (QED) is 0.141. The largest absolute Gasteiger partial charge is 0.310 e. The second-order valence-corrected chi connectivity index (χ2v) is 15.7. The van der Waals surface area contributed by atoms with Gasteiger partial charge in [-0.3, -0.25) is 0 Å². The molecule has 1 aromatic heterocycles. The van der Waals surface area contributed by atoms with Gasteiger partial charge in [-0.2, -0.15) is 0 Å². The highest BCUT2D eigenvalue weighted by molar-refractivity contribution is 6.10. The highest BCUT2D eigenvalue weighted by Gasteiger charge is 2.23. The first-order valence-corrected chi connectivity index (χ1v) is 21.3. The number of anilines is 3. The highest BCUT2D eigenvalue weighted by Crippen LogP contribution is 2.48. The molecular formula is C60H42N2. The third-order valence-corrected chi connectivity index (χ3v) is 12.0. The van der Waals surface area contributed by atoms with E-state index in [4.69, 9.17) is 0 Å². The zero-order valence-corrected chi connectivity index (χ0v) is 34.1. The molecule has 0 radical (unpaired) electrons. The van der Waals surface area contributed by atoms with E-state index in [9.17, 15) is 0 Å². The van der Waals surface area contributed by atoms with Crippen LogP contribution in [0.15, 0.2) is 255 Å². The lowest BCUT2D eigenvalue weighted by Crippen LogP contribution is -2.12. The maximum absolute atomic E-state index is 2.43. The molecule has 0 N–H and O–H groups in total. The summed E-state index contributed by atoms with van der Waals surface area (Å²) in [7, 11) is 0. The SMILES string of the molecule is c1ccc(-c2ccc(N(c3ccc(-c4ccc5c(c4)c4ccccc4n5-c4ccccc4)cc3)c3cccc(-c4ccccc4)c3-c3ccccc3-c3ccccc3)cc2)cc1. The summed E-state index contributed by atoms with van der Waals surface area (Å²) in [5, 5.41) is 2.49. The Morgan fingerprint density at radius 1 is 0.274 bits per heavy atom. The van der Waals surface area contributed by atoms with E-state index in [1.165, 1.54) is 77.4 Å². The number of fused-ring (bicyclic) bond motifs is 3. The van der Waals surface area contributed by atoms with Crippen molar-refractivity contribution >= 4 is 38.9 Å². The Bertz CT molecular complexity index is 3300. The second-order valence-electron chi connectivity index (χ2n) is 15.7. The van der Waals surface area contributed by atoms with Gasteiger partial charge in [-0.05, 0) is 111 Å². The molecule has 11 rings (SSSR count). The zero-order valence-electron chi connectivity index (χ0n) is 34.1. The van der Waals surface area contributed by atoms with Crippen LogP contribution in [0.3, 0.4) is 0 Å². The number of rotatable bonds is 9. The van der Waals surface area contributed by atoms with Gasteiger partial charge in [0.05, 0.1) is 16.7 Å². The van der Waals surface area contributed by atoms with Crippen LogP contribution in [0.4, 0.5) is 17.1 Å². The van der Waals surface area contributed by atoms with Crippen molar-refractivity contribution in [2.45, 2.75) is 0 Å². The molecular weight excluding hydrogens is 749 g/mol. The van der Waals surface area contributed by atoms with E-state index < -0.39 is 0 Å². The lowest BCUT2D eigenvalue weighted by molar-refractivity contribution is 1.18. The molecule has 0 atom stereocenters. The minimum absolute atomic E-state index is 1.08. The van der Waals surface area contributed by atoms with Crippen molar-refractivity contribution in [3.05, 3.63) is 255 Å². The summed E-state index contributed by atoms with van der Waals surface area (Å²) in [6.45, 7) is 0. The van der Waals surface area contributed by atoms with Crippen molar-refractivity contribution in [1.82, 2.24) is 4.57 Å². The van der Waals surface area contributed by atoms with Crippen molar-refractivity contribution < 1.29 is 0 Å². The van der Waals surface area contributed by atoms with Gasteiger partial charge in [-0.1, -0.05) is 194 Å². The summed E-state index contributed by atoms with van der Waals surface area (Å²) in [6.07, 6.45) is 0. The summed E-state index contributed by atoms with van der Waals surface area (Å²) in [6, 6.07) is 92.1. The van der Waals surface area contributed by atoms with E-state index >= 15 is 0 Å². The van der Waals surface area contributed by atoms with E-state index in [0.29, 0.717) is 0 Å². The van der Waals surface area contributed by atoms with Gasteiger partial charge in [0.15, 0.2) is 0 Å².